The van der Waals surface area contributed by atoms with Crippen LogP contribution in [0.25, 0.3) is 0 Å². The molecule has 0 radical (unpaired) electrons. The van der Waals surface area contributed by atoms with E-state index in [4.69, 9.17) is 0 Å². The number of cyclic esters (lactones) is 2. The van der Waals surface area contributed by atoms with Crippen molar-refractivity contribution >= 4 is 11.9 Å². The fourth-order valence-corrected chi connectivity index (χ4v) is 1.63. The average Bonchev–Trinajstić information content (AvgIpc) is 2.31. The van der Waals surface area contributed by atoms with Crippen molar-refractivity contribution in [2.75, 3.05) is 0 Å². The molecule has 1 rings (SSSR count). The zero-order chi connectivity index (χ0) is 10.7. The molecular formula is C11H16O3. The molecule has 1 aliphatic rings. The van der Waals surface area contributed by atoms with Gasteiger partial charge in [-0.2, -0.15) is 0 Å². The first-order chi connectivity index (χ1) is 6.56. The second kappa shape index (κ2) is 4.40. The summed E-state index contributed by atoms with van der Waals surface area (Å²) in [6.45, 7) is 5.99. The number of hydrogen-bond donors (Lipinski definition) is 0. The number of allylic oxidation sites excluding steroid dienone is 1. The number of hydrogen-bond acceptors (Lipinski definition) is 3. The average molecular weight is 196 g/mol. The van der Waals surface area contributed by atoms with E-state index in [9.17, 15) is 9.59 Å². The Morgan fingerprint density at radius 3 is 2.57 bits per heavy atom. The lowest BCUT2D eigenvalue weighted by Crippen LogP contribution is -2.12. The van der Waals surface area contributed by atoms with Crippen LogP contribution in [-0.4, -0.2) is 11.9 Å². The summed E-state index contributed by atoms with van der Waals surface area (Å²) in [5, 5.41) is 0. The lowest BCUT2D eigenvalue weighted by molar-refractivity contribution is -0.152. The number of rotatable bonds is 3. The zero-order valence-corrected chi connectivity index (χ0v) is 8.87. The van der Waals surface area contributed by atoms with Gasteiger partial charge in [-0.3, -0.25) is 4.79 Å². The summed E-state index contributed by atoms with van der Waals surface area (Å²) < 4.78 is 4.59. The van der Waals surface area contributed by atoms with Crippen LogP contribution in [0.2, 0.25) is 0 Å². The van der Waals surface area contributed by atoms with Crippen molar-refractivity contribution in [1.82, 2.24) is 0 Å². The Morgan fingerprint density at radius 2 is 2.07 bits per heavy atom. The third-order valence-electron chi connectivity index (χ3n) is 2.22. The Morgan fingerprint density at radius 1 is 1.43 bits per heavy atom. The van der Waals surface area contributed by atoms with Gasteiger partial charge in [-0.1, -0.05) is 26.8 Å². The van der Waals surface area contributed by atoms with E-state index in [1.165, 1.54) is 0 Å². The number of carbonyl (C=O) groups excluding carboxylic acids is 2. The van der Waals surface area contributed by atoms with Gasteiger partial charge in [0.25, 0.3) is 0 Å². The normalized spacial score (nSPS) is 24.9. The molecular weight excluding hydrogens is 180 g/mol. The molecule has 3 heteroatoms. The highest BCUT2D eigenvalue weighted by Crippen LogP contribution is 2.28. The molecule has 0 amide bonds. The van der Waals surface area contributed by atoms with Crippen molar-refractivity contribution in [2.24, 2.45) is 11.8 Å². The van der Waals surface area contributed by atoms with Crippen LogP contribution >= 0.6 is 0 Å². The van der Waals surface area contributed by atoms with Gasteiger partial charge in [-0.05, 0) is 18.8 Å². The fourth-order valence-electron chi connectivity index (χ4n) is 1.63. The zero-order valence-electron chi connectivity index (χ0n) is 8.87. The molecule has 0 spiro atoms. The molecule has 0 N–H and O–H groups in total. The van der Waals surface area contributed by atoms with E-state index in [2.05, 4.69) is 4.74 Å². The van der Waals surface area contributed by atoms with Crippen molar-refractivity contribution in [3.8, 4) is 0 Å². The van der Waals surface area contributed by atoms with E-state index in [0.717, 1.165) is 6.42 Å². The van der Waals surface area contributed by atoms with E-state index in [-0.39, 0.29) is 11.9 Å². The molecule has 0 aliphatic carbocycles. The van der Waals surface area contributed by atoms with Gasteiger partial charge in [-0.15, -0.1) is 0 Å². The summed E-state index contributed by atoms with van der Waals surface area (Å²) in [6, 6.07) is 0. The van der Waals surface area contributed by atoms with Crippen LogP contribution in [0.5, 0.6) is 0 Å². The number of carbonyl (C=O) groups is 2. The van der Waals surface area contributed by atoms with Crippen LogP contribution in [0.4, 0.5) is 0 Å². The van der Waals surface area contributed by atoms with Gasteiger partial charge in [0.05, 0.1) is 5.92 Å². The lowest BCUT2D eigenvalue weighted by atomic mass is 9.91. The molecule has 0 aromatic carbocycles. The summed E-state index contributed by atoms with van der Waals surface area (Å²) in [4.78, 5) is 22.6. The maximum atomic E-state index is 11.3. The Kier molecular flexibility index (Phi) is 3.44. The van der Waals surface area contributed by atoms with Gasteiger partial charge in [0, 0.05) is 5.57 Å². The predicted molar refractivity (Wildman–Crippen MR) is 52.4 cm³/mol. The summed E-state index contributed by atoms with van der Waals surface area (Å²) in [5.74, 6) is -0.785. The van der Waals surface area contributed by atoms with Gasteiger partial charge < -0.3 is 4.74 Å². The van der Waals surface area contributed by atoms with Gasteiger partial charge >= 0.3 is 11.9 Å². The molecule has 0 aromatic rings. The molecule has 0 aromatic heterocycles. The minimum Gasteiger partial charge on any atom is -0.389 e. The Balaban J connectivity index is 2.84. The highest BCUT2D eigenvalue weighted by molar-refractivity contribution is 6.07. The first-order valence-electron chi connectivity index (χ1n) is 5.02. The van der Waals surface area contributed by atoms with Crippen molar-refractivity contribution in [3.63, 3.8) is 0 Å². The first-order valence-corrected chi connectivity index (χ1v) is 5.02. The van der Waals surface area contributed by atoms with Crippen LogP contribution in [0.1, 0.15) is 33.6 Å². The van der Waals surface area contributed by atoms with Gasteiger partial charge in [0.15, 0.2) is 0 Å². The van der Waals surface area contributed by atoms with E-state index in [1.807, 2.05) is 20.8 Å². The predicted octanol–water partition coefficient (Wildman–Crippen LogP) is 2.07. The number of ether oxygens (including phenoxy) is 1. The SMILES string of the molecule is CCC=C1C(=O)OC(=O)C1CC(C)C. The standard InChI is InChI=1S/C11H16O3/c1-4-5-8-9(6-7(2)3)11(13)14-10(8)12/h5,7,9H,4,6H2,1-3H3. The third kappa shape index (κ3) is 2.22. The van der Waals surface area contributed by atoms with Crippen LogP contribution in [0.3, 0.4) is 0 Å². The van der Waals surface area contributed by atoms with Crippen molar-refractivity contribution < 1.29 is 14.3 Å². The molecule has 1 unspecified atom stereocenters. The fraction of sp³-hybridized carbons (Fsp3) is 0.636. The third-order valence-corrected chi connectivity index (χ3v) is 2.22. The maximum absolute atomic E-state index is 11.3. The van der Waals surface area contributed by atoms with Crippen LogP contribution in [0.15, 0.2) is 11.6 Å². The highest BCUT2D eigenvalue weighted by atomic mass is 16.6. The van der Waals surface area contributed by atoms with Crippen molar-refractivity contribution in [2.45, 2.75) is 33.6 Å². The van der Waals surface area contributed by atoms with E-state index >= 15 is 0 Å². The topological polar surface area (TPSA) is 43.4 Å². The Hall–Kier alpha value is -1.12. The lowest BCUT2D eigenvalue weighted by Gasteiger charge is -2.08. The van der Waals surface area contributed by atoms with Crippen molar-refractivity contribution in [1.29, 1.82) is 0 Å². The van der Waals surface area contributed by atoms with Crippen molar-refractivity contribution in [3.05, 3.63) is 11.6 Å². The molecule has 1 fully saturated rings. The highest BCUT2D eigenvalue weighted by Gasteiger charge is 2.38. The van der Waals surface area contributed by atoms with Gasteiger partial charge in [-0.25, -0.2) is 4.79 Å². The molecule has 1 aliphatic heterocycles. The second-order valence-electron chi connectivity index (χ2n) is 3.96. The van der Waals surface area contributed by atoms with E-state index in [1.54, 1.807) is 6.08 Å². The van der Waals surface area contributed by atoms with E-state index in [0.29, 0.717) is 17.9 Å². The molecule has 1 saturated heterocycles. The Bertz CT molecular complexity index is 276. The summed E-state index contributed by atoms with van der Waals surface area (Å²) in [5.41, 5.74) is 0.547. The molecule has 0 bridgehead atoms. The summed E-state index contributed by atoms with van der Waals surface area (Å²) in [7, 11) is 0. The first kappa shape index (κ1) is 11.0. The summed E-state index contributed by atoms with van der Waals surface area (Å²) >= 11 is 0. The summed E-state index contributed by atoms with van der Waals surface area (Å²) in [6.07, 6.45) is 3.24. The molecule has 14 heavy (non-hydrogen) atoms. The van der Waals surface area contributed by atoms with Gasteiger partial charge in [0.1, 0.15) is 0 Å². The minimum absolute atomic E-state index is 0.331. The maximum Gasteiger partial charge on any atom is 0.342 e. The molecule has 1 heterocycles. The number of esters is 2. The minimum atomic E-state index is -0.456. The molecule has 78 valence electrons. The van der Waals surface area contributed by atoms with E-state index < -0.39 is 5.97 Å². The molecule has 1 atom stereocenters. The Labute approximate surface area is 84.1 Å². The quantitative estimate of drug-likeness (QED) is 0.394. The second-order valence-corrected chi connectivity index (χ2v) is 3.96. The van der Waals surface area contributed by atoms with Crippen LogP contribution in [0, 0.1) is 11.8 Å². The van der Waals surface area contributed by atoms with Crippen LogP contribution < -0.4 is 0 Å². The molecule has 3 nitrogen and oxygen atoms in total. The monoisotopic (exact) mass is 196 g/mol. The smallest absolute Gasteiger partial charge is 0.342 e. The van der Waals surface area contributed by atoms with Gasteiger partial charge in [0.2, 0.25) is 0 Å². The largest absolute Gasteiger partial charge is 0.389 e. The van der Waals surface area contributed by atoms with Crippen LogP contribution in [-0.2, 0) is 14.3 Å². The molecule has 0 saturated carbocycles.